The van der Waals surface area contributed by atoms with E-state index in [0.717, 1.165) is 29.0 Å². The van der Waals surface area contributed by atoms with E-state index < -0.39 is 11.7 Å². The number of alkyl halides is 3. The maximum absolute atomic E-state index is 13.2. The third-order valence-corrected chi connectivity index (χ3v) is 4.69. The lowest BCUT2D eigenvalue weighted by molar-refractivity contribution is -0.137. The molecule has 2 heterocycles. The molecular weight excluding hydrogens is 381 g/mol. The van der Waals surface area contributed by atoms with E-state index in [1.54, 1.807) is 6.20 Å². The van der Waals surface area contributed by atoms with Gasteiger partial charge >= 0.3 is 6.18 Å². The van der Waals surface area contributed by atoms with Gasteiger partial charge in [0.1, 0.15) is 0 Å². The molecule has 4 aromatic rings. The van der Waals surface area contributed by atoms with E-state index in [1.807, 2.05) is 35.6 Å². The Bertz CT molecular complexity index is 1180. The van der Waals surface area contributed by atoms with Gasteiger partial charge < -0.3 is 10.4 Å². The van der Waals surface area contributed by atoms with Crippen molar-refractivity contribution < 1.29 is 18.3 Å². The van der Waals surface area contributed by atoms with Crippen molar-refractivity contribution in [3.05, 3.63) is 59.8 Å². The molecule has 0 bridgehead atoms. The van der Waals surface area contributed by atoms with E-state index in [-0.39, 0.29) is 12.1 Å². The summed E-state index contributed by atoms with van der Waals surface area (Å²) in [6.45, 7) is 2.40. The molecule has 4 rings (SSSR count). The fourth-order valence-corrected chi connectivity index (χ4v) is 3.32. The van der Waals surface area contributed by atoms with Crippen LogP contribution in [0.5, 0.6) is 0 Å². The molecule has 2 N–H and O–H groups in total. The Kier molecular flexibility index (Phi) is 4.87. The van der Waals surface area contributed by atoms with Crippen molar-refractivity contribution >= 4 is 22.5 Å². The SMILES string of the molecule is Cc1cccc(-c2cnc3c(NCCCO)nc4cc(C(F)(F)F)ccc4n23)c1. The first-order valence-electron chi connectivity index (χ1n) is 9.18. The third kappa shape index (κ3) is 3.63. The van der Waals surface area contributed by atoms with Crippen LogP contribution >= 0.6 is 0 Å². The summed E-state index contributed by atoms with van der Waals surface area (Å²) in [6, 6.07) is 11.4. The maximum atomic E-state index is 13.2. The van der Waals surface area contributed by atoms with Crippen molar-refractivity contribution in [3.63, 3.8) is 0 Å². The Hall–Kier alpha value is -3.13. The molecule has 8 heteroatoms. The van der Waals surface area contributed by atoms with Gasteiger partial charge in [0.2, 0.25) is 0 Å². The van der Waals surface area contributed by atoms with Crippen molar-refractivity contribution in [1.82, 2.24) is 14.4 Å². The minimum atomic E-state index is -4.45. The van der Waals surface area contributed by atoms with Crippen LogP contribution in [0.4, 0.5) is 19.0 Å². The summed E-state index contributed by atoms with van der Waals surface area (Å²) in [4.78, 5) is 8.88. The second kappa shape index (κ2) is 7.36. The fourth-order valence-electron chi connectivity index (χ4n) is 3.32. The number of rotatable bonds is 5. The monoisotopic (exact) mass is 400 g/mol. The van der Waals surface area contributed by atoms with Crippen molar-refractivity contribution in [2.24, 2.45) is 0 Å². The number of imidazole rings is 1. The Morgan fingerprint density at radius 2 is 1.97 bits per heavy atom. The lowest BCUT2D eigenvalue weighted by atomic mass is 10.1. The molecule has 0 atom stereocenters. The fraction of sp³-hybridized carbons (Fsp3) is 0.238. The number of aliphatic hydroxyl groups excluding tert-OH is 1. The van der Waals surface area contributed by atoms with Gasteiger partial charge in [0.25, 0.3) is 0 Å². The summed E-state index contributed by atoms with van der Waals surface area (Å²) in [5.41, 5.74) is 3.26. The Labute approximate surface area is 164 Å². The number of nitrogens with one attached hydrogen (secondary N) is 1. The molecule has 0 radical (unpaired) electrons. The number of aryl methyl sites for hydroxylation is 1. The van der Waals surface area contributed by atoms with E-state index in [0.29, 0.717) is 29.9 Å². The first-order chi connectivity index (χ1) is 13.9. The minimum absolute atomic E-state index is 0.00191. The van der Waals surface area contributed by atoms with Gasteiger partial charge in [0.15, 0.2) is 11.5 Å². The van der Waals surface area contributed by atoms with Crippen molar-refractivity contribution in [2.45, 2.75) is 19.5 Å². The van der Waals surface area contributed by atoms with Crippen molar-refractivity contribution in [2.75, 3.05) is 18.5 Å². The smallest absolute Gasteiger partial charge is 0.396 e. The highest BCUT2D eigenvalue weighted by atomic mass is 19.4. The number of hydrogen-bond donors (Lipinski definition) is 2. The largest absolute Gasteiger partial charge is 0.416 e. The van der Waals surface area contributed by atoms with E-state index in [9.17, 15) is 13.2 Å². The molecule has 0 aliphatic heterocycles. The van der Waals surface area contributed by atoms with Crippen LogP contribution < -0.4 is 5.32 Å². The van der Waals surface area contributed by atoms with Crippen LogP contribution in [0.25, 0.3) is 27.9 Å². The summed E-state index contributed by atoms with van der Waals surface area (Å²) in [5.74, 6) is 0.379. The van der Waals surface area contributed by atoms with Gasteiger partial charge in [-0.15, -0.1) is 0 Å². The van der Waals surface area contributed by atoms with Crippen LogP contribution in [0.15, 0.2) is 48.7 Å². The van der Waals surface area contributed by atoms with Gasteiger partial charge in [-0.25, -0.2) is 9.97 Å². The van der Waals surface area contributed by atoms with Gasteiger partial charge in [0, 0.05) is 18.7 Å². The molecule has 2 aromatic carbocycles. The van der Waals surface area contributed by atoms with E-state index in [1.165, 1.54) is 6.07 Å². The van der Waals surface area contributed by atoms with Crippen molar-refractivity contribution in [1.29, 1.82) is 0 Å². The normalized spacial score (nSPS) is 12.0. The summed E-state index contributed by atoms with van der Waals surface area (Å²) < 4.78 is 41.5. The quantitative estimate of drug-likeness (QED) is 0.478. The number of halogens is 3. The lowest BCUT2D eigenvalue weighted by Crippen LogP contribution is -2.09. The molecule has 0 aliphatic carbocycles. The standard InChI is InChI=1S/C21H19F3N4O/c1-13-4-2-5-14(10-13)18-12-26-20-19(25-8-3-9-29)27-16-11-15(21(22,23)24)6-7-17(16)28(18)20/h2,4-7,10-12,29H,3,8-9H2,1H3,(H,25,27). The maximum Gasteiger partial charge on any atom is 0.416 e. The molecule has 0 aliphatic rings. The van der Waals surface area contributed by atoms with Crippen LogP contribution in [0.3, 0.4) is 0 Å². The highest BCUT2D eigenvalue weighted by Gasteiger charge is 2.31. The zero-order valence-electron chi connectivity index (χ0n) is 15.7. The van der Waals surface area contributed by atoms with Crippen LogP contribution in [0.2, 0.25) is 0 Å². The number of nitrogens with zero attached hydrogens (tertiary/aromatic N) is 3. The number of aliphatic hydroxyl groups is 1. The molecule has 0 amide bonds. The summed E-state index contributed by atoms with van der Waals surface area (Å²) >= 11 is 0. The minimum Gasteiger partial charge on any atom is -0.396 e. The summed E-state index contributed by atoms with van der Waals surface area (Å²) in [5, 5.41) is 12.1. The lowest BCUT2D eigenvalue weighted by Gasteiger charge is -2.13. The molecule has 0 saturated heterocycles. The molecule has 0 spiro atoms. The first-order valence-corrected chi connectivity index (χ1v) is 9.18. The average Bonchev–Trinajstić information content (AvgIpc) is 3.12. The zero-order valence-corrected chi connectivity index (χ0v) is 15.7. The number of anilines is 1. The molecule has 0 unspecified atom stereocenters. The van der Waals surface area contributed by atoms with E-state index in [4.69, 9.17) is 5.11 Å². The second-order valence-electron chi connectivity index (χ2n) is 6.84. The van der Waals surface area contributed by atoms with Crippen LogP contribution in [0, 0.1) is 6.92 Å². The molecular formula is C21H19F3N4O. The predicted molar refractivity (Wildman–Crippen MR) is 106 cm³/mol. The molecule has 0 fully saturated rings. The van der Waals surface area contributed by atoms with Gasteiger partial charge in [-0.1, -0.05) is 23.8 Å². The molecule has 5 nitrogen and oxygen atoms in total. The van der Waals surface area contributed by atoms with Crippen LogP contribution in [-0.4, -0.2) is 32.6 Å². The predicted octanol–water partition coefficient (Wildman–Crippen LogP) is 4.67. The Morgan fingerprint density at radius 3 is 2.69 bits per heavy atom. The first kappa shape index (κ1) is 19.2. The van der Waals surface area contributed by atoms with Crippen LogP contribution in [-0.2, 0) is 6.18 Å². The van der Waals surface area contributed by atoms with Gasteiger partial charge in [0.05, 0.1) is 28.5 Å². The highest BCUT2D eigenvalue weighted by molar-refractivity contribution is 5.86. The highest BCUT2D eigenvalue weighted by Crippen LogP contribution is 2.34. The Balaban J connectivity index is 1.99. The van der Waals surface area contributed by atoms with Gasteiger partial charge in [-0.2, -0.15) is 13.2 Å². The molecule has 29 heavy (non-hydrogen) atoms. The van der Waals surface area contributed by atoms with E-state index >= 15 is 0 Å². The van der Waals surface area contributed by atoms with Crippen LogP contribution in [0.1, 0.15) is 17.5 Å². The molecule has 0 saturated carbocycles. The number of hydrogen-bond acceptors (Lipinski definition) is 4. The number of benzene rings is 2. The van der Waals surface area contributed by atoms with E-state index in [2.05, 4.69) is 15.3 Å². The second-order valence-corrected chi connectivity index (χ2v) is 6.84. The number of aromatic nitrogens is 3. The topological polar surface area (TPSA) is 62.5 Å². The van der Waals surface area contributed by atoms with Gasteiger partial charge in [-0.05, 0) is 37.6 Å². The number of fused-ring (bicyclic) bond motifs is 3. The Morgan fingerprint density at radius 1 is 1.14 bits per heavy atom. The summed E-state index contributed by atoms with van der Waals surface area (Å²) in [7, 11) is 0. The van der Waals surface area contributed by atoms with Gasteiger partial charge in [-0.3, -0.25) is 4.40 Å². The third-order valence-electron chi connectivity index (χ3n) is 4.69. The molecule has 2 aromatic heterocycles. The van der Waals surface area contributed by atoms with Crippen molar-refractivity contribution in [3.8, 4) is 11.3 Å². The molecule has 150 valence electrons. The summed E-state index contributed by atoms with van der Waals surface area (Å²) in [6.07, 6.45) is -2.27. The average molecular weight is 400 g/mol. The zero-order chi connectivity index (χ0) is 20.6.